The predicted octanol–water partition coefficient (Wildman–Crippen LogP) is 2.72. The van der Waals surface area contributed by atoms with Crippen molar-refractivity contribution in [1.29, 1.82) is 0 Å². The van der Waals surface area contributed by atoms with E-state index >= 15 is 0 Å². The van der Waals surface area contributed by atoms with Crippen LogP contribution < -0.4 is 5.73 Å². The first kappa shape index (κ1) is 20.9. The monoisotopic (exact) mass is 314 g/mol. The highest BCUT2D eigenvalue weighted by atomic mass is 16.6. The molecule has 130 valence electrons. The Morgan fingerprint density at radius 3 is 1.64 bits per heavy atom. The quantitative estimate of drug-likeness (QED) is 0.604. The first-order valence-corrected chi connectivity index (χ1v) is 8.13. The van der Waals surface area contributed by atoms with Gasteiger partial charge in [-0.1, -0.05) is 34.6 Å². The lowest BCUT2D eigenvalue weighted by Crippen LogP contribution is -2.68. The minimum Gasteiger partial charge on any atom is -0.458 e. The second kappa shape index (κ2) is 7.44. The van der Waals surface area contributed by atoms with Crippen molar-refractivity contribution in [3.05, 3.63) is 0 Å². The molecule has 0 saturated heterocycles. The summed E-state index contributed by atoms with van der Waals surface area (Å²) in [7, 11) is 0. The highest BCUT2D eigenvalue weighted by molar-refractivity contribution is 6.08. The normalized spacial score (nSPS) is 15.1. The SMILES string of the molecule is CCCN(CCC)C(=O)[C@](N)(C(=O)OC(C)(C)C)C(C)(C)C. The van der Waals surface area contributed by atoms with Gasteiger partial charge in [0.25, 0.3) is 5.91 Å². The summed E-state index contributed by atoms with van der Waals surface area (Å²) in [6, 6.07) is 0. The Hall–Kier alpha value is -1.10. The van der Waals surface area contributed by atoms with Gasteiger partial charge in [-0.05, 0) is 39.0 Å². The summed E-state index contributed by atoms with van der Waals surface area (Å²) in [5.74, 6) is -1.01. The highest BCUT2D eigenvalue weighted by Gasteiger charge is 2.55. The van der Waals surface area contributed by atoms with Crippen molar-refractivity contribution in [3.63, 3.8) is 0 Å². The summed E-state index contributed by atoms with van der Waals surface area (Å²) in [5, 5.41) is 0. The topological polar surface area (TPSA) is 72.6 Å². The number of hydrogen-bond donors (Lipinski definition) is 1. The summed E-state index contributed by atoms with van der Waals surface area (Å²) in [6.07, 6.45) is 1.64. The highest BCUT2D eigenvalue weighted by Crippen LogP contribution is 2.32. The van der Waals surface area contributed by atoms with Gasteiger partial charge in [0.1, 0.15) is 5.60 Å². The number of carbonyl (C=O) groups is 2. The van der Waals surface area contributed by atoms with Gasteiger partial charge in [-0.3, -0.25) is 4.79 Å². The number of ether oxygens (including phenoxy) is 1. The van der Waals surface area contributed by atoms with Gasteiger partial charge < -0.3 is 15.4 Å². The first-order valence-electron chi connectivity index (χ1n) is 8.13. The van der Waals surface area contributed by atoms with E-state index in [2.05, 4.69) is 0 Å². The number of nitrogens with zero attached hydrogens (tertiary/aromatic N) is 1. The van der Waals surface area contributed by atoms with E-state index in [0.29, 0.717) is 13.1 Å². The van der Waals surface area contributed by atoms with Crippen molar-refractivity contribution in [1.82, 2.24) is 4.90 Å². The fraction of sp³-hybridized carbons (Fsp3) is 0.882. The minimum absolute atomic E-state index is 0.349. The molecule has 0 unspecified atom stereocenters. The molecular weight excluding hydrogens is 280 g/mol. The van der Waals surface area contributed by atoms with E-state index in [1.54, 1.807) is 46.4 Å². The Balaban J connectivity index is 5.70. The molecule has 0 aromatic carbocycles. The molecule has 1 atom stereocenters. The van der Waals surface area contributed by atoms with Crippen LogP contribution in [0.25, 0.3) is 0 Å². The molecule has 0 heterocycles. The van der Waals surface area contributed by atoms with Crippen LogP contribution >= 0.6 is 0 Å². The van der Waals surface area contributed by atoms with Crippen LogP contribution in [0, 0.1) is 5.41 Å². The van der Waals surface area contributed by atoms with Crippen LogP contribution in [-0.2, 0) is 14.3 Å². The van der Waals surface area contributed by atoms with E-state index in [0.717, 1.165) is 12.8 Å². The molecule has 0 rings (SSSR count). The molecule has 0 aliphatic heterocycles. The van der Waals surface area contributed by atoms with Crippen molar-refractivity contribution in [3.8, 4) is 0 Å². The van der Waals surface area contributed by atoms with Gasteiger partial charge in [0.2, 0.25) is 0 Å². The smallest absolute Gasteiger partial charge is 0.337 e. The van der Waals surface area contributed by atoms with Gasteiger partial charge in [0, 0.05) is 13.1 Å². The maximum Gasteiger partial charge on any atom is 0.337 e. The predicted molar refractivity (Wildman–Crippen MR) is 89.4 cm³/mol. The molecule has 0 aliphatic carbocycles. The molecule has 0 aliphatic rings. The van der Waals surface area contributed by atoms with E-state index in [4.69, 9.17) is 10.5 Å². The van der Waals surface area contributed by atoms with Crippen molar-refractivity contribution >= 4 is 11.9 Å². The fourth-order valence-corrected chi connectivity index (χ4v) is 2.18. The number of nitrogens with two attached hydrogens (primary N) is 1. The summed E-state index contributed by atoms with van der Waals surface area (Å²) in [5.41, 5.74) is 3.24. The van der Waals surface area contributed by atoms with Crippen LogP contribution in [-0.4, -0.2) is 41.0 Å². The van der Waals surface area contributed by atoms with E-state index < -0.39 is 22.5 Å². The molecule has 0 spiro atoms. The van der Waals surface area contributed by atoms with Crippen LogP contribution in [0.2, 0.25) is 0 Å². The van der Waals surface area contributed by atoms with Crippen molar-refractivity contribution in [2.24, 2.45) is 11.1 Å². The Morgan fingerprint density at radius 1 is 0.955 bits per heavy atom. The zero-order chi connectivity index (χ0) is 17.8. The van der Waals surface area contributed by atoms with Gasteiger partial charge in [-0.2, -0.15) is 0 Å². The molecule has 5 nitrogen and oxygen atoms in total. The maximum absolute atomic E-state index is 13.0. The average molecular weight is 314 g/mol. The molecule has 0 saturated carbocycles. The van der Waals surface area contributed by atoms with E-state index in [1.165, 1.54) is 0 Å². The van der Waals surface area contributed by atoms with Gasteiger partial charge in [-0.25, -0.2) is 4.79 Å². The lowest BCUT2D eigenvalue weighted by atomic mass is 9.73. The summed E-state index contributed by atoms with van der Waals surface area (Å²) >= 11 is 0. The Kier molecular flexibility index (Phi) is 7.07. The minimum atomic E-state index is -1.69. The van der Waals surface area contributed by atoms with Crippen LogP contribution in [0.15, 0.2) is 0 Å². The number of hydrogen-bond acceptors (Lipinski definition) is 4. The Bertz CT molecular complexity index is 388. The van der Waals surface area contributed by atoms with Gasteiger partial charge in [0.15, 0.2) is 5.54 Å². The lowest BCUT2D eigenvalue weighted by molar-refractivity contribution is -0.172. The third-order valence-electron chi connectivity index (χ3n) is 3.52. The molecule has 1 amide bonds. The van der Waals surface area contributed by atoms with Crippen molar-refractivity contribution in [2.45, 2.75) is 79.4 Å². The first-order chi connectivity index (χ1) is 9.81. The van der Waals surface area contributed by atoms with E-state index in [-0.39, 0.29) is 5.91 Å². The zero-order valence-corrected chi connectivity index (χ0v) is 15.6. The Morgan fingerprint density at radius 2 is 1.36 bits per heavy atom. The summed E-state index contributed by atoms with van der Waals surface area (Å²) < 4.78 is 5.45. The second-order valence-electron chi connectivity index (χ2n) is 7.85. The van der Waals surface area contributed by atoms with Crippen LogP contribution in [0.3, 0.4) is 0 Å². The molecule has 0 fully saturated rings. The molecule has 5 heteroatoms. The third kappa shape index (κ3) is 4.97. The molecular formula is C17H34N2O3. The van der Waals surface area contributed by atoms with Gasteiger partial charge >= 0.3 is 5.97 Å². The van der Waals surface area contributed by atoms with Gasteiger partial charge in [0.05, 0.1) is 0 Å². The van der Waals surface area contributed by atoms with Crippen molar-refractivity contribution < 1.29 is 14.3 Å². The van der Waals surface area contributed by atoms with Crippen LogP contribution in [0.4, 0.5) is 0 Å². The van der Waals surface area contributed by atoms with Crippen LogP contribution in [0.5, 0.6) is 0 Å². The number of carbonyl (C=O) groups excluding carboxylic acids is 2. The number of esters is 1. The number of rotatable bonds is 6. The largest absolute Gasteiger partial charge is 0.458 e. The molecule has 0 aromatic rings. The number of amides is 1. The molecule has 2 N–H and O–H groups in total. The maximum atomic E-state index is 13.0. The molecule has 22 heavy (non-hydrogen) atoms. The fourth-order valence-electron chi connectivity index (χ4n) is 2.18. The average Bonchev–Trinajstić information content (AvgIpc) is 2.33. The van der Waals surface area contributed by atoms with Crippen LogP contribution in [0.1, 0.15) is 68.2 Å². The molecule has 0 radical (unpaired) electrons. The Labute approximate surface area is 135 Å². The second-order valence-corrected chi connectivity index (χ2v) is 7.85. The zero-order valence-electron chi connectivity index (χ0n) is 15.6. The summed E-state index contributed by atoms with van der Waals surface area (Å²) in [4.78, 5) is 27.4. The summed E-state index contributed by atoms with van der Waals surface area (Å²) in [6.45, 7) is 15.9. The van der Waals surface area contributed by atoms with Crippen molar-refractivity contribution in [2.75, 3.05) is 13.1 Å². The molecule has 0 bridgehead atoms. The molecule has 0 aromatic heterocycles. The van der Waals surface area contributed by atoms with E-state index in [9.17, 15) is 9.59 Å². The third-order valence-corrected chi connectivity index (χ3v) is 3.52. The van der Waals surface area contributed by atoms with E-state index in [1.807, 2.05) is 13.8 Å². The lowest BCUT2D eigenvalue weighted by Gasteiger charge is -2.42. The standard InChI is InChI=1S/C17H34N2O3/c1-9-11-19(12-10-2)13(20)17(18,15(3,4)5)14(21)22-16(6,7)8/h9-12,18H2,1-8H3/t17-/m0/s1. The van der Waals surface area contributed by atoms with Gasteiger partial charge in [-0.15, -0.1) is 0 Å².